The van der Waals surface area contributed by atoms with Gasteiger partial charge < -0.3 is 5.32 Å². The first-order chi connectivity index (χ1) is 6.83. The molecule has 1 aromatic carbocycles. The summed E-state index contributed by atoms with van der Waals surface area (Å²) < 4.78 is 0. The molecule has 0 radical (unpaired) electrons. The fourth-order valence-corrected chi connectivity index (χ4v) is 1.72. The van der Waals surface area contributed by atoms with Crippen LogP contribution in [0.25, 0.3) is 6.08 Å². The summed E-state index contributed by atoms with van der Waals surface area (Å²) >= 11 is 4.10. The quantitative estimate of drug-likeness (QED) is 0.709. The average Bonchev–Trinajstić information content (AvgIpc) is 2.58. The van der Waals surface area contributed by atoms with E-state index < -0.39 is 0 Å². The Bertz CT molecular complexity index is 398. The zero-order valence-electron chi connectivity index (χ0n) is 7.66. The summed E-state index contributed by atoms with van der Waals surface area (Å²) in [5.41, 5.74) is 3.00. The van der Waals surface area contributed by atoms with Crippen LogP contribution in [0.3, 0.4) is 0 Å². The van der Waals surface area contributed by atoms with Crippen LogP contribution in [-0.2, 0) is 6.54 Å². The van der Waals surface area contributed by atoms with Crippen molar-refractivity contribution in [1.82, 2.24) is 5.32 Å². The summed E-state index contributed by atoms with van der Waals surface area (Å²) in [5, 5.41) is 2.81. The molecule has 0 saturated heterocycles. The second-order valence-electron chi connectivity index (χ2n) is 3.14. The van der Waals surface area contributed by atoms with E-state index in [1.165, 1.54) is 0 Å². The van der Waals surface area contributed by atoms with Crippen molar-refractivity contribution in [1.29, 1.82) is 0 Å². The van der Waals surface area contributed by atoms with Gasteiger partial charge in [0, 0.05) is 17.9 Å². The maximum atomic E-state index is 11.3. The summed E-state index contributed by atoms with van der Waals surface area (Å²) in [5.74, 6) is 0.742. The number of fused-ring (bicyclic) bond motifs is 1. The predicted octanol–water partition coefficient (Wildman–Crippen LogP) is 1.87. The summed E-state index contributed by atoms with van der Waals surface area (Å²) in [6.45, 7) is 0.640. The van der Waals surface area contributed by atoms with Crippen LogP contribution in [0.15, 0.2) is 24.3 Å². The molecule has 14 heavy (non-hydrogen) atoms. The molecular weight excluding hydrogens is 194 g/mol. The molecule has 0 bridgehead atoms. The average molecular weight is 205 g/mol. The summed E-state index contributed by atoms with van der Waals surface area (Å²) in [6, 6.07) is 5.77. The van der Waals surface area contributed by atoms with E-state index in [0.29, 0.717) is 12.3 Å². The molecule has 72 valence electrons. The highest BCUT2D eigenvalue weighted by atomic mass is 32.1. The van der Waals surface area contributed by atoms with Crippen molar-refractivity contribution >= 4 is 24.6 Å². The smallest absolute Gasteiger partial charge is 0.251 e. The van der Waals surface area contributed by atoms with Crippen molar-refractivity contribution < 1.29 is 4.79 Å². The van der Waals surface area contributed by atoms with Gasteiger partial charge in [0.05, 0.1) is 0 Å². The molecule has 1 aliphatic heterocycles. The lowest BCUT2D eigenvalue weighted by Crippen LogP contribution is -2.12. The van der Waals surface area contributed by atoms with Gasteiger partial charge in [-0.1, -0.05) is 24.3 Å². The van der Waals surface area contributed by atoms with Crippen LogP contribution in [-0.4, -0.2) is 11.7 Å². The molecule has 0 saturated carbocycles. The van der Waals surface area contributed by atoms with Crippen LogP contribution in [0, 0.1) is 0 Å². The molecule has 2 nitrogen and oxygen atoms in total. The SMILES string of the molecule is O=C1NCc2c(C=CCS)cccc21. The van der Waals surface area contributed by atoms with Gasteiger partial charge in [0.1, 0.15) is 0 Å². The molecule has 1 N–H and O–H groups in total. The van der Waals surface area contributed by atoms with E-state index in [0.717, 1.165) is 16.7 Å². The maximum absolute atomic E-state index is 11.3. The van der Waals surface area contributed by atoms with Gasteiger partial charge >= 0.3 is 0 Å². The Morgan fingerprint density at radius 1 is 1.50 bits per heavy atom. The third-order valence-corrected chi connectivity index (χ3v) is 2.50. The molecular formula is C11H11NOS. The number of amides is 1. The van der Waals surface area contributed by atoms with Gasteiger partial charge in [-0.15, -0.1) is 0 Å². The van der Waals surface area contributed by atoms with Gasteiger partial charge in [-0.25, -0.2) is 0 Å². The standard InChI is InChI=1S/C11H11NOS/c13-11-9-5-1-3-8(4-2-6-14)10(9)7-12-11/h1-5,14H,6-7H2,(H,12,13). The normalized spacial score (nSPS) is 14.5. The van der Waals surface area contributed by atoms with E-state index in [-0.39, 0.29) is 5.91 Å². The summed E-state index contributed by atoms with van der Waals surface area (Å²) in [6.07, 6.45) is 3.98. The fraction of sp³-hybridized carbons (Fsp3) is 0.182. The van der Waals surface area contributed by atoms with Crippen LogP contribution in [0.1, 0.15) is 21.5 Å². The second-order valence-corrected chi connectivity index (χ2v) is 3.51. The van der Waals surface area contributed by atoms with E-state index in [1.54, 1.807) is 0 Å². The van der Waals surface area contributed by atoms with Crippen LogP contribution in [0.4, 0.5) is 0 Å². The highest BCUT2D eigenvalue weighted by Crippen LogP contribution is 2.20. The number of rotatable bonds is 2. The molecule has 0 unspecified atom stereocenters. The third kappa shape index (κ3) is 1.55. The molecule has 1 heterocycles. The number of hydrogen-bond acceptors (Lipinski definition) is 2. The zero-order valence-corrected chi connectivity index (χ0v) is 8.55. The number of thiol groups is 1. The first-order valence-electron chi connectivity index (χ1n) is 4.50. The molecule has 2 rings (SSSR count). The van der Waals surface area contributed by atoms with Crippen LogP contribution >= 0.6 is 12.6 Å². The third-order valence-electron chi connectivity index (χ3n) is 2.29. The molecule has 1 amide bonds. The van der Waals surface area contributed by atoms with E-state index in [1.807, 2.05) is 30.4 Å². The molecule has 0 fully saturated rings. The van der Waals surface area contributed by atoms with E-state index >= 15 is 0 Å². The van der Waals surface area contributed by atoms with Crippen LogP contribution in [0.5, 0.6) is 0 Å². The second kappa shape index (κ2) is 3.88. The number of nitrogens with one attached hydrogen (secondary N) is 1. The van der Waals surface area contributed by atoms with Crippen molar-refractivity contribution in [3.8, 4) is 0 Å². The predicted molar refractivity (Wildman–Crippen MR) is 60.5 cm³/mol. The van der Waals surface area contributed by atoms with Gasteiger partial charge in [0.15, 0.2) is 0 Å². The Labute approximate surface area is 88.4 Å². The number of carbonyl (C=O) groups is 1. The summed E-state index contributed by atoms with van der Waals surface area (Å²) in [7, 11) is 0. The van der Waals surface area contributed by atoms with Crippen molar-refractivity contribution in [3.05, 3.63) is 41.0 Å². The van der Waals surface area contributed by atoms with E-state index in [2.05, 4.69) is 17.9 Å². The lowest BCUT2D eigenvalue weighted by molar-refractivity contribution is 0.0966. The van der Waals surface area contributed by atoms with Crippen molar-refractivity contribution in [2.45, 2.75) is 6.54 Å². The molecule has 0 aromatic heterocycles. The molecule has 1 aliphatic rings. The van der Waals surface area contributed by atoms with Crippen molar-refractivity contribution in [2.24, 2.45) is 0 Å². The van der Waals surface area contributed by atoms with E-state index in [9.17, 15) is 4.79 Å². The van der Waals surface area contributed by atoms with Crippen LogP contribution < -0.4 is 5.32 Å². The van der Waals surface area contributed by atoms with Gasteiger partial charge in [-0.05, 0) is 17.2 Å². The van der Waals surface area contributed by atoms with Gasteiger partial charge in [0.2, 0.25) is 0 Å². The highest BCUT2D eigenvalue weighted by molar-refractivity contribution is 7.80. The van der Waals surface area contributed by atoms with Crippen molar-refractivity contribution in [2.75, 3.05) is 5.75 Å². The lowest BCUT2D eigenvalue weighted by Gasteiger charge is -2.00. The number of hydrogen-bond donors (Lipinski definition) is 2. The molecule has 0 atom stereocenters. The van der Waals surface area contributed by atoms with Gasteiger partial charge in [-0.2, -0.15) is 12.6 Å². The molecule has 1 aromatic rings. The molecule has 0 spiro atoms. The molecule has 0 aliphatic carbocycles. The first kappa shape index (κ1) is 9.34. The largest absolute Gasteiger partial charge is 0.348 e. The zero-order chi connectivity index (χ0) is 9.97. The topological polar surface area (TPSA) is 29.1 Å². The van der Waals surface area contributed by atoms with Crippen molar-refractivity contribution in [3.63, 3.8) is 0 Å². The van der Waals surface area contributed by atoms with Gasteiger partial charge in [0.25, 0.3) is 5.91 Å². The van der Waals surface area contributed by atoms with Gasteiger partial charge in [-0.3, -0.25) is 4.79 Å². The Morgan fingerprint density at radius 2 is 2.36 bits per heavy atom. The minimum Gasteiger partial charge on any atom is -0.348 e. The fourth-order valence-electron chi connectivity index (χ4n) is 1.61. The van der Waals surface area contributed by atoms with Crippen LogP contribution in [0.2, 0.25) is 0 Å². The Morgan fingerprint density at radius 3 is 3.14 bits per heavy atom. The number of carbonyl (C=O) groups excluding carboxylic acids is 1. The monoisotopic (exact) mass is 205 g/mol. The Hall–Kier alpha value is -1.22. The highest BCUT2D eigenvalue weighted by Gasteiger charge is 2.19. The molecule has 3 heteroatoms. The Kier molecular flexibility index (Phi) is 2.59. The first-order valence-corrected chi connectivity index (χ1v) is 5.13. The summed E-state index contributed by atoms with van der Waals surface area (Å²) in [4.78, 5) is 11.3. The number of benzene rings is 1. The minimum atomic E-state index is 0.0288. The minimum absolute atomic E-state index is 0.0288. The lowest BCUT2D eigenvalue weighted by atomic mass is 10.0. The Balaban J connectivity index is 2.44. The van der Waals surface area contributed by atoms with E-state index in [4.69, 9.17) is 0 Å². The maximum Gasteiger partial charge on any atom is 0.251 e.